The van der Waals surface area contributed by atoms with E-state index in [9.17, 15) is 4.39 Å². The summed E-state index contributed by atoms with van der Waals surface area (Å²) in [5.41, 5.74) is 7.27. The van der Waals surface area contributed by atoms with Gasteiger partial charge in [-0.3, -0.25) is 4.98 Å². The maximum atomic E-state index is 13.5. The second kappa shape index (κ2) is 5.03. The minimum absolute atomic E-state index is 0.393. The van der Waals surface area contributed by atoms with E-state index in [0.717, 1.165) is 16.5 Å². The number of hydrogen-bond acceptors (Lipinski definition) is 2. The van der Waals surface area contributed by atoms with Crippen molar-refractivity contribution in [2.45, 2.75) is 19.0 Å². The molecule has 2 aromatic rings. The molecule has 1 aromatic heterocycles. The second-order valence-electron chi connectivity index (χ2n) is 3.87. The highest BCUT2D eigenvalue weighted by atomic mass is 19.1. The van der Waals surface area contributed by atoms with Gasteiger partial charge in [-0.15, -0.1) is 0 Å². The maximum absolute atomic E-state index is 13.5. The first-order chi connectivity index (χ1) is 7.81. The molecule has 2 rings (SSSR count). The number of nitrogens with zero attached hydrogens (tertiary/aromatic N) is 1. The van der Waals surface area contributed by atoms with Gasteiger partial charge in [0.15, 0.2) is 0 Å². The molecular weight excluding hydrogens is 203 g/mol. The zero-order valence-electron chi connectivity index (χ0n) is 9.07. The first kappa shape index (κ1) is 11.0. The van der Waals surface area contributed by atoms with Crippen LogP contribution in [0.5, 0.6) is 0 Å². The topological polar surface area (TPSA) is 38.9 Å². The van der Waals surface area contributed by atoms with Crippen LogP contribution < -0.4 is 5.73 Å². The van der Waals surface area contributed by atoms with Crippen LogP contribution in [0, 0.1) is 0 Å². The average molecular weight is 218 g/mol. The van der Waals surface area contributed by atoms with E-state index >= 15 is 0 Å². The first-order valence-electron chi connectivity index (χ1n) is 5.48. The fourth-order valence-electron chi connectivity index (χ4n) is 1.85. The molecule has 16 heavy (non-hydrogen) atoms. The number of alkyl halides is 1. The lowest BCUT2D eigenvalue weighted by Crippen LogP contribution is -2.12. The molecule has 1 heterocycles. The van der Waals surface area contributed by atoms with Gasteiger partial charge in [-0.1, -0.05) is 18.2 Å². The molecule has 2 nitrogen and oxygen atoms in total. The predicted octanol–water partition coefficient (Wildman–Crippen LogP) is 2.46. The van der Waals surface area contributed by atoms with Crippen molar-refractivity contribution in [1.82, 2.24) is 4.98 Å². The van der Waals surface area contributed by atoms with Crippen molar-refractivity contribution >= 4 is 10.9 Å². The summed E-state index contributed by atoms with van der Waals surface area (Å²) >= 11 is 0. The zero-order chi connectivity index (χ0) is 11.4. The van der Waals surface area contributed by atoms with Crippen LogP contribution in [-0.2, 0) is 6.42 Å². The minimum atomic E-state index is -0.865. The summed E-state index contributed by atoms with van der Waals surface area (Å²) < 4.78 is 13.5. The van der Waals surface area contributed by atoms with Crippen molar-refractivity contribution < 1.29 is 4.39 Å². The first-order valence-corrected chi connectivity index (χ1v) is 5.48. The Labute approximate surface area is 94.3 Å². The Bertz CT molecular complexity index is 465. The number of fused-ring (bicyclic) bond motifs is 1. The molecule has 1 aromatic carbocycles. The molecule has 84 valence electrons. The van der Waals surface area contributed by atoms with E-state index in [1.165, 1.54) is 0 Å². The van der Waals surface area contributed by atoms with Gasteiger partial charge in [0, 0.05) is 18.0 Å². The number of benzene rings is 1. The Morgan fingerprint density at radius 2 is 2.06 bits per heavy atom. The number of hydrogen-bond donors (Lipinski definition) is 1. The molecule has 3 heteroatoms. The van der Waals surface area contributed by atoms with E-state index in [0.29, 0.717) is 19.4 Å². The van der Waals surface area contributed by atoms with Crippen molar-refractivity contribution in [1.29, 1.82) is 0 Å². The van der Waals surface area contributed by atoms with E-state index in [2.05, 4.69) is 4.98 Å². The molecule has 0 aliphatic carbocycles. The van der Waals surface area contributed by atoms with Crippen LogP contribution in [0.15, 0.2) is 36.5 Å². The molecule has 0 aliphatic heterocycles. The Balaban J connectivity index is 2.30. The van der Waals surface area contributed by atoms with Gasteiger partial charge in [0.2, 0.25) is 0 Å². The average Bonchev–Trinajstić information content (AvgIpc) is 2.30. The second-order valence-corrected chi connectivity index (χ2v) is 3.87. The molecule has 1 unspecified atom stereocenters. The van der Waals surface area contributed by atoms with Gasteiger partial charge in [-0.05, 0) is 30.7 Å². The highest BCUT2D eigenvalue weighted by Gasteiger charge is 2.09. The van der Waals surface area contributed by atoms with E-state index in [4.69, 9.17) is 5.73 Å². The lowest BCUT2D eigenvalue weighted by molar-refractivity contribution is 0.317. The summed E-state index contributed by atoms with van der Waals surface area (Å²) in [6.45, 7) is 0.393. The van der Waals surface area contributed by atoms with E-state index in [-0.39, 0.29) is 0 Å². The Kier molecular flexibility index (Phi) is 3.47. The summed E-state index contributed by atoms with van der Waals surface area (Å²) in [6.07, 6.45) is 1.69. The van der Waals surface area contributed by atoms with Crippen molar-refractivity contribution in [2.24, 2.45) is 5.73 Å². The van der Waals surface area contributed by atoms with Gasteiger partial charge < -0.3 is 5.73 Å². The largest absolute Gasteiger partial charge is 0.330 e. The van der Waals surface area contributed by atoms with Crippen molar-refractivity contribution in [3.05, 3.63) is 42.1 Å². The highest BCUT2D eigenvalue weighted by molar-refractivity contribution is 5.81. The smallest absolute Gasteiger partial charge is 0.105 e. The van der Waals surface area contributed by atoms with Crippen LogP contribution in [0.4, 0.5) is 4.39 Å². The van der Waals surface area contributed by atoms with E-state index in [1.807, 2.05) is 30.3 Å². The van der Waals surface area contributed by atoms with Gasteiger partial charge in [-0.25, -0.2) is 4.39 Å². The molecule has 0 amide bonds. The third kappa shape index (κ3) is 2.36. The number of nitrogens with two attached hydrogens (primary N) is 1. The van der Waals surface area contributed by atoms with Gasteiger partial charge in [0.05, 0.1) is 5.52 Å². The molecule has 0 radical (unpaired) electrons. The molecular formula is C13H15FN2. The maximum Gasteiger partial charge on any atom is 0.105 e. The van der Waals surface area contributed by atoms with Crippen LogP contribution in [0.3, 0.4) is 0 Å². The number of halogens is 1. The standard InChI is InChI=1S/C13H15FN2/c14-11(5-7-15)9-10-6-8-16-13-4-2-1-3-12(10)13/h1-4,6,8,11H,5,7,9,15H2. The SMILES string of the molecule is NCCC(F)Cc1ccnc2ccccc12. The summed E-state index contributed by atoms with van der Waals surface area (Å²) in [6, 6.07) is 9.68. The van der Waals surface area contributed by atoms with Crippen LogP contribution in [0.1, 0.15) is 12.0 Å². The number of rotatable bonds is 4. The molecule has 0 saturated carbocycles. The van der Waals surface area contributed by atoms with E-state index < -0.39 is 6.17 Å². The normalized spacial score (nSPS) is 12.9. The van der Waals surface area contributed by atoms with Crippen molar-refractivity contribution in [3.63, 3.8) is 0 Å². The third-order valence-corrected chi connectivity index (χ3v) is 2.66. The molecule has 0 fully saturated rings. The summed E-state index contributed by atoms with van der Waals surface area (Å²) in [5.74, 6) is 0. The monoisotopic (exact) mass is 218 g/mol. The van der Waals surface area contributed by atoms with Crippen LogP contribution >= 0.6 is 0 Å². The quantitative estimate of drug-likeness (QED) is 0.856. The van der Waals surface area contributed by atoms with Gasteiger partial charge in [-0.2, -0.15) is 0 Å². The summed E-state index contributed by atoms with van der Waals surface area (Å²) in [5, 5.41) is 1.03. The fourth-order valence-corrected chi connectivity index (χ4v) is 1.85. The summed E-state index contributed by atoms with van der Waals surface area (Å²) in [4.78, 5) is 4.25. The fraction of sp³-hybridized carbons (Fsp3) is 0.308. The molecule has 0 aliphatic rings. The number of para-hydroxylation sites is 1. The van der Waals surface area contributed by atoms with Crippen LogP contribution in [-0.4, -0.2) is 17.7 Å². The van der Waals surface area contributed by atoms with Crippen molar-refractivity contribution in [3.8, 4) is 0 Å². The molecule has 0 spiro atoms. The summed E-state index contributed by atoms with van der Waals surface area (Å²) in [7, 11) is 0. The minimum Gasteiger partial charge on any atom is -0.330 e. The molecule has 2 N–H and O–H groups in total. The zero-order valence-corrected chi connectivity index (χ0v) is 9.07. The lowest BCUT2D eigenvalue weighted by Gasteiger charge is -2.09. The Hall–Kier alpha value is -1.48. The highest BCUT2D eigenvalue weighted by Crippen LogP contribution is 2.19. The molecule has 0 saturated heterocycles. The Morgan fingerprint density at radius 1 is 1.25 bits per heavy atom. The lowest BCUT2D eigenvalue weighted by atomic mass is 10.0. The van der Waals surface area contributed by atoms with E-state index in [1.54, 1.807) is 6.20 Å². The predicted molar refractivity (Wildman–Crippen MR) is 64.0 cm³/mol. The Morgan fingerprint density at radius 3 is 2.88 bits per heavy atom. The van der Waals surface area contributed by atoms with Crippen molar-refractivity contribution in [2.75, 3.05) is 6.54 Å². The molecule has 0 bridgehead atoms. The number of pyridine rings is 1. The molecule has 1 atom stereocenters. The van der Waals surface area contributed by atoms with Crippen LogP contribution in [0.25, 0.3) is 10.9 Å². The third-order valence-electron chi connectivity index (χ3n) is 2.66. The van der Waals surface area contributed by atoms with Gasteiger partial charge in [0.1, 0.15) is 6.17 Å². The van der Waals surface area contributed by atoms with Crippen LogP contribution in [0.2, 0.25) is 0 Å². The van der Waals surface area contributed by atoms with Gasteiger partial charge >= 0.3 is 0 Å². The number of aromatic nitrogens is 1. The van der Waals surface area contributed by atoms with Gasteiger partial charge in [0.25, 0.3) is 0 Å².